The number of hydrogen-bond acceptors (Lipinski definition) is 2. The van der Waals surface area contributed by atoms with Crippen molar-refractivity contribution < 1.29 is 4.79 Å². The van der Waals surface area contributed by atoms with Crippen LogP contribution in [0.2, 0.25) is 0 Å². The van der Waals surface area contributed by atoms with Crippen molar-refractivity contribution in [3.8, 4) is 0 Å². The number of carbonyl (C=O) groups is 1. The molecule has 104 valence electrons. The van der Waals surface area contributed by atoms with Gasteiger partial charge >= 0.3 is 0 Å². The lowest BCUT2D eigenvalue weighted by atomic mass is 9.78. The van der Waals surface area contributed by atoms with Crippen molar-refractivity contribution in [3.63, 3.8) is 0 Å². The average molecular weight is 260 g/mol. The summed E-state index contributed by atoms with van der Waals surface area (Å²) >= 11 is 0. The molecule has 0 bridgehead atoms. The second-order valence-corrected chi connectivity index (χ2v) is 6.03. The van der Waals surface area contributed by atoms with Crippen molar-refractivity contribution in [3.05, 3.63) is 29.3 Å². The van der Waals surface area contributed by atoms with Crippen LogP contribution < -0.4 is 10.6 Å². The molecule has 1 heterocycles. The van der Waals surface area contributed by atoms with Gasteiger partial charge in [-0.05, 0) is 42.5 Å². The third-order valence-corrected chi connectivity index (χ3v) is 4.34. The van der Waals surface area contributed by atoms with Crippen LogP contribution in [0.1, 0.15) is 50.8 Å². The number of fused-ring (bicyclic) bond motifs is 1. The van der Waals surface area contributed by atoms with Gasteiger partial charge in [-0.25, -0.2) is 0 Å². The molecular weight excluding hydrogens is 236 g/mol. The van der Waals surface area contributed by atoms with Crippen molar-refractivity contribution in [2.24, 2.45) is 5.41 Å². The molecule has 19 heavy (non-hydrogen) atoms. The van der Waals surface area contributed by atoms with Gasteiger partial charge in [0.2, 0.25) is 5.91 Å². The minimum Gasteiger partial charge on any atom is -0.326 e. The van der Waals surface area contributed by atoms with Crippen LogP contribution in [-0.4, -0.2) is 13.0 Å². The number of amides is 1. The summed E-state index contributed by atoms with van der Waals surface area (Å²) in [6.07, 6.45) is 2.56. The molecule has 3 nitrogen and oxygen atoms in total. The largest absolute Gasteiger partial charge is 0.326 e. The first-order valence-electron chi connectivity index (χ1n) is 7.08. The normalized spacial score (nSPS) is 16.7. The fourth-order valence-electron chi connectivity index (χ4n) is 2.80. The van der Waals surface area contributed by atoms with Gasteiger partial charge in [-0.3, -0.25) is 4.79 Å². The first-order valence-corrected chi connectivity index (χ1v) is 7.08. The molecule has 0 saturated carbocycles. The molecule has 2 N–H and O–H groups in total. The molecule has 1 aromatic rings. The van der Waals surface area contributed by atoms with Crippen molar-refractivity contribution in [1.29, 1.82) is 0 Å². The van der Waals surface area contributed by atoms with Gasteiger partial charge in [0.1, 0.15) is 0 Å². The summed E-state index contributed by atoms with van der Waals surface area (Å²) in [4.78, 5) is 11.4. The first kappa shape index (κ1) is 14.1. The highest BCUT2D eigenvalue weighted by Gasteiger charge is 2.28. The molecular formula is C16H24N2O. The third kappa shape index (κ3) is 2.81. The van der Waals surface area contributed by atoms with Crippen molar-refractivity contribution in [2.75, 3.05) is 12.4 Å². The maximum atomic E-state index is 11.4. The van der Waals surface area contributed by atoms with E-state index in [1.54, 1.807) is 0 Å². The summed E-state index contributed by atoms with van der Waals surface area (Å²) in [7, 11) is 2.02. The van der Waals surface area contributed by atoms with Crippen molar-refractivity contribution in [2.45, 2.75) is 46.1 Å². The number of aryl methyl sites for hydroxylation is 1. The van der Waals surface area contributed by atoms with Crippen LogP contribution in [0, 0.1) is 5.41 Å². The van der Waals surface area contributed by atoms with E-state index < -0.39 is 0 Å². The van der Waals surface area contributed by atoms with Gasteiger partial charge < -0.3 is 10.6 Å². The topological polar surface area (TPSA) is 41.1 Å². The Balaban J connectivity index is 2.33. The van der Waals surface area contributed by atoms with E-state index in [9.17, 15) is 4.79 Å². The first-order chi connectivity index (χ1) is 8.97. The summed E-state index contributed by atoms with van der Waals surface area (Å²) in [5.41, 5.74) is 3.75. The second kappa shape index (κ2) is 5.33. The lowest BCUT2D eigenvalue weighted by molar-refractivity contribution is -0.116. The molecule has 0 aromatic heterocycles. The zero-order chi connectivity index (χ0) is 14.0. The number of carbonyl (C=O) groups excluding carboxylic acids is 1. The molecule has 1 unspecified atom stereocenters. The Morgan fingerprint density at radius 1 is 1.37 bits per heavy atom. The Labute approximate surface area is 115 Å². The molecule has 1 aliphatic heterocycles. The molecule has 1 aliphatic rings. The van der Waals surface area contributed by atoms with Crippen LogP contribution in [0.5, 0.6) is 0 Å². The van der Waals surface area contributed by atoms with Gasteiger partial charge in [0.25, 0.3) is 0 Å². The summed E-state index contributed by atoms with van der Waals surface area (Å²) in [5, 5.41) is 6.38. The Morgan fingerprint density at radius 3 is 2.74 bits per heavy atom. The SMILES string of the molecule is CCC(C)(C)C(NC)c1ccc2c(c1)CCC(=O)N2. The predicted octanol–water partition coefficient (Wildman–Crippen LogP) is 3.27. The molecule has 0 fully saturated rings. The van der Waals surface area contributed by atoms with E-state index in [1.165, 1.54) is 11.1 Å². The number of rotatable bonds is 4. The third-order valence-electron chi connectivity index (χ3n) is 4.34. The summed E-state index contributed by atoms with van der Waals surface area (Å²) < 4.78 is 0. The van der Waals surface area contributed by atoms with Crippen LogP contribution in [0.3, 0.4) is 0 Å². The van der Waals surface area contributed by atoms with Crippen molar-refractivity contribution in [1.82, 2.24) is 5.32 Å². The lowest BCUT2D eigenvalue weighted by Crippen LogP contribution is -2.31. The maximum absolute atomic E-state index is 11.4. The molecule has 1 aromatic carbocycles. The molecule has 3 heteroatoms. The molecule has 0 saturated heterocycles. The highest BCUT2D eigenvalue weighted by atomic mass is 16.1. The molecule has 1 amide bonds. The van der Waals surface area contributed by atoms with E-state index in [1.807, 2.05) is 13.1 Å². The summed E-state index contributed by atoms with van der Waals surface area (Å²) in [6, 6.07) is 6.74. The van der Waals surface area contributed by atoms with Gasteiger partial charge in [0, 0.05) is 18.2 Å². The van der Waals surface area contributed by atoms with Gasteiger partial charge in [-0.2, -0.15) is 0 Å². The van der Waals surface area contributed by atoms with Crippen LogP contribution in [0.15, 0.2) is 18.2 Å². The molecule has 0 radical (unpaired) electrons. The van der Waals surface area contributed by atoms with Crippen molar-refractivity contribution >= 4 is 11.6 Å². The highest BCUT2D eigenvalue weighted by molar-refractivity contribution is 5.93. The minimum atomic E-state index is 0.124. The maximum Gasteiger partial charge on any atom is 0.224 e. The Hall–Kier alpha value is -1.35. The van der Waals surface area contributed by atoms with E-state index in [2.05, 4.69) is 43.5 Å². The second-order valence-electron chi connectivity index (χ2n) is 6.03. The Morgan fingerprint density at radius 2 is 2.11 bits per heavy atom. The molecule has 1 atom stereocenters. The average Bonchev–Trinajstić information content (AvgIpc) is 2.39. The Bertz CT molecular complexity index is 480. The lowest BCUT2D eigenvalue weighted by Gasteiger charge is -2.34. The fraction of sp³-hybridized carbons (Fsp3) is 0.562. The van der Waals surface area contributed by atoms with E-state index in [0.717, 1.165) is 18.5 Å². The number of benzene rings is 1. The van der Waals surface area contributed by atoms with E-state index in [-0.39, 0.29) is 11.3 Å². The number of nitrogens with one attached hydrogen (secondary N) is 2. The molecule has 0 aliphatic carbocycles. The predicted molar refractivity (Wildman–Crippen MR) is 79.3 cm³/mol. The summed E-state index contributed by atoms with van der Waals surface area (Å²) in [6.45, 7) is 6.80. The van der Waals surface area contributed by atoms with E-state index >= 15 is 0 Å². The summed E-state index contributed by atoms with van der Waals surface area (Å²) in [5.74, 6) is 0.124. The number of anilines is 1. The van der Waals surface area contributed by atoms with E-state index in [0.29, 0.717) is 12.5 Å². The van der Waals surface area contributed by atoms with Gasteiger partial charge in [0.15, 0.2) is 0 Å². The number of hydrogen-bond donors (Lipinski definition) is 2. The quantitative estimate of drug-likeness (QED) is 0.872. The Kier molecular flexibility index (Phi) is 3.95. The molecule has 0 spiro atoms. The minimum absolute atomic E-state index is 0.124. The molecule has 2 rings (SSSR count). The highest BCUT2D eigenvalue weighted by Crippen LogP contribution is 2.37. The smallest absolute Gasteiger partial charge is 0.224 e. The van der Waals surface area contributed by atoms with Gasteiger partial charge in [-0.1, -0.05) is 32.9 Å². The van der Waals surface area contributed by atoms with Gasteiger partial charge in [-0.15, -0.1) is 0 Å². The zero-order valence-corrected chi connectivity index (χ0v) is 12.3. The fourth-order valence-corrected chi connectivity index (χ4v) is 2.80. The van der Waals surface area contributed by atoms with Crippen LogP contribution in [-0.2, 0) is 11.2 Å². The monoisotopic (exact) mass is 260 g/mol. The van der Waals surface area contributed by atoms with Crippen LogP contribution in [0.25, 0.3) is 0 Å². The van der Waals surface area contributed by atoms with Gasteiger partial charge in [0.05, 0.1) is 0 Å². The standard InChI is InChI=1S/C16H24N2O/c1-5-16(2,3)15(17-4)12-6-8-13-11(10-12)7-9-14(19)18-13/h6,8,10,15,17H,5,7,9H2,1-4H3,(H,18,19). The van der Waals surface area contributed by atoms with Crippen LogP contribution in [0.4, 0.5) is 5.69 Å². The van der Waals surface area contributed by atoms with E-state index in [4.69, 9.17) is 0 Å². The van der Waals surface area contributed by atoms with Crippen LogP contribution >= 0.6 is 0 Å². The zero-order valence-electron chi connectivity index (χ0n) is 12.3.